The van der Waals surface area contributed by atoms with Crippen LogP contribution in [0.2, 0.25) is 0 Å². The average Bonchev–Trinajstić information content (AvgIpc) is 3.35. The maximum atomic E-state index is 12.6. The SMILES string of the molecule is Cc1ccc(Nc2nc(-c3cncnc3)cc3cc[nH]c(=O)c23)cc1OCCN1CCCC1. The molecule has 33 heavy (non-hydrogen) atoms. The van der Waals surface area contributed by atoms with Gasteiger partial charge in [0.05, 0.1) is 11.1 Å². The molecule has 0 atom stereocenters. The van der Waals surface area contributed by atoms with E-state index in [0.29, 0.717) is 23.5 Å². The molecule has 0 bridgehead atoms. The molecule has 1 aliphatic heterocycles. The number of rotatable bonds is 7. The number of nitrogens with one attached hydrogen (secondary N) is 2. The van der Waals surface area contributed by atoms with Gasteiger partial charge in [0.15, 0.2) is 0 Å². The molecule has 8 nitrogen and oxygen atoms in total. The summed E-state index contributed by atoms with van der Waals surface area (Å²) in [6.07, 6.45) is 9.07. The van der Waals surface area contributed by atoms with Gasteiger partial charge < -0.3 is 15.0 Å². The third-order valence-electron chi connectivity index (χ3n) is 5.93. The first-order valence-corrected chi connectivity index (χ1v) is 11.2. The Morgan fingerprint density at radius 1 is 1.12 bits per heavy atom. The fourth-order valence-corrected chi connectivity index (χ4v) is 4.14. The van der Waals surface area contributed by atoms with Crippen LogP contribution in [0.4, 0.5) is 11.5 Å². The number of benzene rings is 1. The average molecular weight is 443 g/mol. The Morgan fingerprint density at radius 3 is 2.76 bits per heavy atom. The van der Waals surface area contributed by atoms with E-state index < -0.39 is 0 Å². The molecule has 3 aromatic heterocycles. The molecule has 1 saturated heterocycles. The Hall–Kier alpha value is -3.78. The van der Waals surface area contributed by atoms with Crippen LogP contribution in [-0.4, -0.2) is 51.1 Å². The van der Waals surface area contributed by atoms with Crippen LogP contribution in [0.5, 0.6) is 5.75 Å². The molecule has 1 fully saturated rings. The van der Waals surface area contributed by atoms with Gasteiger partial charge in [-0.1, -0.05) is 6.07 Å². The second-order valence-corrected chi connectivity index (χ2v) is 8.26. The molecule has 0 saturated carbocycles. The third-order valence-corrected chi connectivity index (χ3v) is 5.93. The van der Waals surface area contributed by atoms with Crippen molar-refractivity contribution >= 4 is 22.3 Å². The first kappa shape index (κ1) is 21.1. The normalized spacial score (nSPS) is 14.0. The zero-order chi connectivity index (χ0) is 22.6. The van der Waals surface area contributed by atoms with Crippen LogP contribution >= 0.6 is 0 Å². The number of fused-ring (bicyclic) bond motifs is 1. The summed E-state index contributed by atoms with van der Waals surface area (Å²) in [6, 6.07) is 9.66. The van der Waals surface area contributed by atoms with Gasteiger partial charge in [0.1, 0.15) is 24.5 Å². The van der Waals surface area contributed by atoms with Crippen molar-refractivity contribution in [2.45, 2.75) is 19.8 Å². The molecule has 4 heterocycles. The summed E-state index contributed by atoms with van der Waals surface area (Å²) in [6.45, 7) is 5.91. The van der Waals surface area contributed by atoms with Crippen molar-refractivity contribution < 1.29 is 4.74 Å². The van der Waals surface area contributed by atoms with Crippen LogP contribution in [0.25, 0.3) is 22.0 Å². The van der Waals surface area contributed by atoms with Gasteiger partial charge in [0.2, 0.25) is 0 Å². The van der Waals surface area contributed by atoms with Crippen molar-refractivity contribution in [3.63, 3.8) is 0 Å². The number of anilines is 2. The number of pyridine rings is 2. The van der Waals surface area contributed by atoms with Crippen LogP contribution in [0.15, 0.2) is 60.0 Å². The van der Waals surface area contributed by atoms with Crippen LogP contribution in [-0.2, 0) is 0 Å². The van der Waals surface area contributed by atoms with Gasteiger partial charge in [-0.3, -0.25) is 9.69 Å². The van der Waals surface area contributed by atoms with Gasteiger partial charge in [-0.15, -0.1) is 0 Å². The lowest BCUT2D eigenvalue weighted by atomic mass is 10.1. The summed E-state index contributed by atoms with van der Waals surface area (Å²) in [5, 5.41) is 4.61. The molecule has 1 aliphatic rings. The maximum Gasteiger partial charge on any atom is 0.259 e. The largest absolute Gasteiger partial charge is 0.492 e. The van der Waals surface area contributed by atoms with Crippen LogP contribution < -0.4 is 15.6 Å². The lowest BCUT2D eigenvalue weighted by molar-refractivity contribution is 0.237. The number of likely N-dealkylation sites (tertiary alicyclic amines) is 1. The van der Waals surface area contributed by atoms with Gasteiger partial charge in [-0.25, -0.2) is 15.0 Å². The zero-order valence-electron chi connectivity index (χ0n) is 18.5. The zero-order valence-corrected chi connectivity index (χ0v) is 18.5. The van der Waals surface area contributed by atoms with Crippen molar-refractivity contribution in [1.82, 2.24) is 24.8 Å². The van der Waals surface area contributed by atoms with Gasteiger partial charge >= 0.3 is 0 Å². The second kappa shape index (κ2) is 9.38. The monoisotopic (exact) mass is 442 g/mol. The van der Waals surface area contributed by atoms with E-state index in [1.807, 2.05) is 37.3 Å². The molecule has 1 aromatic carbocycles. The summed E-state index contributed by atoms with van der Waals surface area (Å²) >= 11 is 0. The summed E-state index contributed by atoms with van der Waals surface area (Å²) in [4.78, 5) is 30.7. The van der Waals surface area contributed by atoms with Crippen LogP contribution in [0.3, 0.4) is 0 Å². The minimum absolute atomic E-state index is 0.201. The topological polar surface area (TPSA) is 96.0 Å². The van der Waals surface area contributed by atoms with Crippen molar-refractivity contribution in [1.29, 1.82) is 0 Å². The lowest BCUT2D eigenvalue weighted by Gasteiger charge is -2.17. The van der Waals surface area contributed by atoms with Gasteiger partial charge in [-0.05, 0) is 62.0 Å². The van der Waals surface area contributed by atoms with E-state index >= 15 is 0 Å². The molecule has 0 radical (unpaired) electrons. The number of aryl methyl sites for hydroxylation is 1. The Labute approximate surface area is 191 Å². The lowest BCUT2D eigenvalue weighted by Crippen LogP contribution is -2.25. The van der Waals surface area contributed by atoms with Crippen molar-refractivity contribution in [2.75, 3.05) is 31.6 Å². The molecular weight excluding hydrogens is 416 g/mol. The van der Waals surface area contributed by atoms with Crippen molar-refractivity contribution in [2.24, 2.45) is 0 Å². The fraction of sp³-hybridized carbons (Fsp3) is 0.280. The highest BCUT2D eigenvalue weighted by Crippen LogP contribution is 2.29. The first-order valence-electron chi connectivity index (χ1n) is 11.2. The van der Waals surface area contributed by atoms with Crippen molar-refractivity contribution in [3.8, 4) is 17.0 Å². The highest BCUT2D eigenvalue weighted by molar-refractivity contribution is 5.95. The summed E-state index contributed by atoms with van der Waals surface area (Å²) in [5.74, 6) is 1.30. The quantitative estimate of drug-likeness (QED) is 0.448. The van der Waals surface area contributed by atoms with Gasteiger partial charge in [-0.2, -0.15) is 0 Å². The van der Waals surface area contributed by atoms with E-state index in [9.17, 15) is 4.79 Å². The molecule has 0 unspecified atom stereocenters. The number of aromatic amines is 1. The highest BCUT2D eigenvalue weighted by atomic mass is 16.5. The summed E-state index contributed by atoms with van der Waals surface area (Å²) in [5.41, 5.74) is 3.12. The second-order valence-electron chi connectivity index (χ2n) is 8.26. The van der Waals surface area contributed by atoms with Gasteiger partial charge in [0.25, 0.3) is 5.56 Å². The number of nitrogens with zero attached hydrogens (tertiary/aromatic N) is 4. The third kappa shape index (κ3) is 4.70. The fourth-order valence-electron chi connectivity index (χ4n) is 4.14. The molecule has 4 aromatic rings. The van der Waals surface area contributed by atoms with Crippen molar-refractivity contribution in [3.05, 3.63) is 71.2 Å². The minimum atomic E-state index is -0.201. The standard InChI is InChI=1S/C25H26N6O2/c1-17-4-5-20(13-22(17)33-11-10-31-8-2-3-9-31)29-24-23-18(6-7-28-25(23)32)12-21(30-24)19-14-26-16-27-15-19/h4-7,12-16H,2-3,8-11H2,1H3,(H,28,32)(H,29,30). The van der Waals surface area contributed by atoms with E-state index in [1.54, 1.807) is 18.6 Å². The molecule has 0 amide bonds. The smallest absolute Gasteiger partial charge is 0.259 e. The Bertz CT molecular complexity index is 1320. The number of aromatic nitrogens is 4. The summed E-state index contributed by atoms with van der Waals surface area (Å²) < 4.78 is 6.09. The van der Waals surface area contributed by atoms with Crippen LogP contribution in [0, 0.1) is 6.92 Å². The number of ether oxygens (including phenoxy) is 1. The Kier molecular flexibility index (Phi) is 5.99. The molecule has 2 N–H and O–H groups in total. The van der Waals surface area contributed by atoms with Gasteiger partial charge in [0, 0.05) is 42.5 Å². The maximum absolute atomic E-state index is 12.6. The number of hydrogen-bond acceptors (Lipinski definition) is 7. The molecule has 0 aliphatic carbocycles. The van der Waals surface area contributed by atoms with E-state index in [1.165, 1.54) is 19.2 Å². The van der Waals surface area contributed by atoms with E-state index in [0.717, 1.165) is 47.6 Å². The van der Waals surface area contributed by atoms with E-state index in [2.05, 4.69) is 25.2 Å². The predicted molar refractivity (Wildman–Crippen MR) is 129 cm³/mol. The number of H-pyrrole nitrogens is 1. The van der Waals surface area contributed by atoms with Crippen LogP contribution in [0.1, 0.15) is 18.4 Å². The minimum Gasteiger partial charge on any atom is -0.492 e. The Morgan fingerprint density at radius 2 is 1.94 bits per heavy atom. The van der Waals surface area contributed by atoms with E-state index in [-0.39, 0.29) is 5.56 Å². The molecule has 0 spiro atoms. The summed E-state index contributed by atoms with van der Waals surface area (Å²) in [7, 11) is 0. The molecule has 5 rings (SSSR count). The Balaban J connectivity index is 1.45. The first-order chi connectivity index (χ1) is 16.2. The molecular formula is C25H26N6O2. The predicted octanol–water partition coefficient (Wildman–Crippen LogP) is 3.91. The molecule has 8 heteroatoms. The molecule has 168 valence electrons. The van der Waals surface area contributed by atoms with E-state index in [4.69, 9.17) is 9.72 Å². The highest BCUT2D eigenvalue weighted by Gasteiger charge is 2.14. The number of hydrogen-bond donors (Lipinski definition) is 2.